The van der Waals surface area contributed by atoms with E-state index in [4.69, 9.17) is 4.74 Å². The number of aromatic amines is 1. The summed E-state index contributed by atoms with van der Waals surface area (Å²) in [4.78, 5) is 26.8. The van der Waals surface area contributed by atoms with Gasteiger partial charge < -0.3 is 24.4 Å². The van der Waals surface area contributed by atoms with Gasteiger partial charge in [-0.15, -0.1) is 0 Å². The average molecular weight is 464 g/mol. The van der Waals surface area contributed by atoms with E-state index in [9.17, 15) is 4.79 Å². The van der Waals surface area contributed by atoms with E-state index < -0.39 is 0 Å². The fourth-order valence-electron chi connectivity index (χ4n) is 4.80. The van der Waals surface area contributed by atoms with Crippen molar-refractivity contribution in [3.8, 4) is 17.0 Å². The fraction of sp³-hybridized carbons (Fsp3) is 0.481. The SMILES string of the molecule is Cc1cnc2[nH]c(-c3ccc(OCCCN(C)C)cc3)c(C3CCCN(C(=O)N(C)C)C3)c2c1. The molecule has 0 spiro atoms. The molecule has 1 atom stereocenters. The number of aryl methyl sites for hydroxylation is 1. The second-order valence-corrected chi connectivity index (χ2v) is 9.81. The predicted molar refractivity (Wildman–Crippen MR) is 138 cm³/mol. The van der Waals surface area contributed by atoms with Crippen molar-refractivity contribution in [2.75, 3.05) is 54.4 Å². The maximum Gasteiger partial charge on any atom is 0.319 e. The molecular weight excluding hydrogens is 426 g/mol. The molecule has 182 valence electrons. The van der Waals surface area contributed by atoms with Crippen LogP contribution in [0.5, 0.6) is 5.75 Å². The molecule has 7 nitrogen and oxygen atoms in total. The number of hydrogen-bond acceptors (Lipinski definition) is 4. The third kappa shape index (κ3) is 5.36. The van der Waals surface area contributed by atoms with Gasteiger partial charge in [0.15, 0.2) is 0 Å². The molecule has 2 amide bonds. The minimum Gasteiger partial charge on any atom is -0.494 e. The molecule has 34 heavy (non-hydrogen) atoms. The minimum atomic E-state index is 0.0798. The highest BCUT2D eigenvalue weighted by atomic mass is 16.5. The minimum absolute atomic E-state index is 0.0798. The Labute approximate surface area is 202 Å². The molecule has 0 radical (unpaired) electrons. The van der Waals surface area contributed by atoms with E-state index in [1.54, 1.807) is 4.90 Å². The molecule has 0 saturated carbocycles. The van der Waals surface area contributed by atoms with Crippen LogP contribution >= 0.6 is 0 Å². The van der Waals surface area contributed by atoms with E-state index >= 15 is 0 Å². The number of hydrogen-bond donors (Lipinski definition) is 1. The summed E-state index contributed by atoms with van der Waals surface area (Å²) in [6, 6.07) is 10.6. The highest BCUT2D eigenvalue weighted by Crippen LogP contribution is 2.39. The molecular formula is C27H37N5O2. The number of aromatic nitrogens is 2. The van der Waals surface area contributed by atoms with Gasteiger partial charge in [0.25, 0.3) is 0 Å². The molecule has 2 aromatic heterocycles. The van der Waals surface area contributed by atoms with E-state index in [0.717, 1.165) is 72.5 Å². The number of nitrogens with zero attached hydrogens (tertiary/aromatic N) is 4. The summed E-state index contributed by atoms with van der Waals surface area (Å²) < 4.78 is 5.93. The number of amides is 2. The molecule has 1 aliphatic heterocycles. The lowest BCUT2D eigenvalue weighted by atomic mass is 9.87. The van der Waals surface area contributed by atoms with Crippen LogP contribution in [0.25, 0.3) is 22.3 Å². The summed E-state index contributed by atoms with van der Waals surface area (Å²) in [5.41, 5.74) is 5.51. The summed E-state index contributed by atoms with van der Waals surface area (Å²) in [5.74, 6) is 1.14. The standard InChI is InChI=1S/C27H37N5O2/c1-19-16-23-24(21-8-6-14-32(18-21)27(33)31(4)5)25(29-26(23)28-17-19)20-9-11-22(12-10-20)34-15-7-13-30(2)3/h9-12,16-17,21H,6-8,13-15,18H2,1-5H3,(H,28,29). The zero-order valence-corrected chi connectivity index (χ0v) is 21.1. The van der Waals surface area contributed by atoms with Crippen molar-refractivity contribution >= 4 is 17.1 Å². The Morgan fingerprint density at radius 1 is 1.21 bits per heavy atom. The number of benzene rings is 1. The number of rotatable bonds is 7. The van der Waals surface area contributed by atoms with Crippen molar-refractivity contribution in [3.05, 3.63) is 47.7 Å². The molecule has 1 unspecified atom stereocenters. The van der Waals surface area contributed by atoms with Crippen LogP contribution in [0.2, 0.25) is 0 Å². The van der Waals surface area contributed by atoms with Gasteiger partial charge >= 0.3 is 6.03 Å². The van der Waals surface area contributed by atoms with Crippen LogP contribution in [0.1, 0.15) is 36.3 Å². The van der Waals surface area contributed by atoms with Crippen molar-refractivity contribution in [2.24, 2.45) is 0 Å². The first-order chi connectivity index (χ1) is 16.3. The lowest BCUT2D eigenvalue weighted by Gasteiger charge is -2.34. The zero-order valence-electron chi connectivity index (χ0n) is 21.1. The number of likely N-dealkylation sites (tertiary alicyclic amines) is 1. The van der Waals surface area contributed by atoms with Crippen molar-refractivity contribution in [1.29, 1.82) is 0 Å². The van der Waals surface area contributed by atoms with E-state index in [1.807, 2.05) is 37.3 Å². The van der Waals surface area contributed by atoms with Gasteiger partial charge in [-0.1, -0.05) is 0 Å². The molecule has 3 aromatic rings. The maximum absolute atomic E-state index is 12.7. The highest BCUT2D eigenvalue weighted by Gasteiger charge is 2.30. The van der Waals surface area contributed by atoms with Crippen molar-refractivity contribution in [3.63, 3.8) is 0 Å². The number of fused-ring (bicyclic) bond motifs is 1. The first kappa shape index (κ1) is 24.1. The number of nitrogens with one attached hydrogen (secondary N) is 1. The lowest BCUT2D eigenvalue weighted by molar-refractivity contribution is 0.155. The maximum atomic E-state index is 12.7. The van der Waals surface area contributed by atoms with Crippen LogP contribution < -0.4 is 4.74 Å². The summed E-state index contributed by atoms with van der Waals surface area (Å²) in [6.07, 6.45) is 4.95. The molecule has 0 aliphatic carbocycles. The number of carbonyl (C=O) groups is 1. The molecule has 1 N–H and O–H groups in total. The van der Waals surface area contributed by atoms with Crippen molar-refractivity contribution in [2.45, 2.75) is 32.1 Å². The Hall–Kier alpha value is -3.06. The molecule has 1 aliphatic rings. The van der Waals surface area contributed by atoms with Crippen LogP contribution in [-0.4, -0.2) is 85.1 Å². The quantitative estimate of drug-likeness (QED) is 0.515. The number of piperidine rings is 1. The number of urea groups is 1. The Morgan fingerprint density at radius 2 is 1.97 bits per heavy atom. The fourth-order valence-corrected chi connectivity index (χ4v) is 4.80. The molecule has 4 rings (SSSR count). The second-order valence-electron chi connectivity index (χ2n) is 9.81. The Balaban J connectivity index is 1.63. The summed E-state index contributed by atoms with van der Waals surface area (Å²) in [7, 11) is 7.79. The Bertz CT molecular complexity index is 1120. The molecule has 7 heteroatoms. The Kier molecular flexibility index (Phi) is 7.41. The van der Waals surface area contributed by atoms with Gasteiger partial charge in [0.1, 0.15) is 11.4 Å². The van der Waals surface area contributed by atoms with Crippen LogP contribution in [-0.2, 0) is 0 Å². The number of pyridine rings is 1. The second kappa shape index (κ2) is 10.5. The van der Waals surface area contributed by atoms with Crippen LogP contribution in [0, 0.1) is 6.92 Å². The van der Waals surface area contributed by atoms with E-state index in [0.29, 0.717) is 6.61 Å². The van der Waals surface area contributed by atoms with Crippen molar-refractivity contribution in [1.82, 2.24) is 24.7 Å². The largest absolute Gasteiger partial charge is 0.494 e. The molecule has 1 saturated heterocycles. The normalized spacial score (nSPS) is 16.3. The third-order valence-electron chi connectivity index (χ3n) is 6.47. The van der Waals surface area contributed by atoms with Gasteiger partial charge in [0, 0.05) is 51.2 Å². The van der Waals surface area contributed by atoms with Gasteiger partial charge in [0.2, 0.25) is 0 Å². The molecule has 1 aromatic carbocycles. The summed E-state index contributed by atoms with van der Waals surface area (Å²) in [6.45, 7) is 5.32. The summed E-state index contributed by atoms with van der Waals surface area (Å²) in [5, 5.41) is 1.16. The van der Waals surface area contributed by atoms with Gasteiger partial charge in [-0.05, 0) is 87.3 Å². The first-order valence-electron chi connectivity index (χ1n) is 12.2. The van der Waals surface area contributed by atoms with Gasteiger partial charge in [-0.3, -0.25) is 0 Å². The molecule has 0 bridgehead atoms. The van der Waals surface area contributed by atoms with Gasteiger partial charge in [-0.2, -0.15) is 0 Å². The highest BCUT2D eigenvalue weighted by molar-refractivity contribution is 5.89. The smallest absolute Gasteiger partial charge is 0.319 e. The van der Waals surface area contributed by atoms with Crippen LogP contribution in [0.4, 0.5) is 4.79 Å². The van der Waals surface area contributed by atoms with Gasteiger partial charge in [0.05, 0.1) is 12.3 Å². The average Bonchev–Trinajstić information content (AvgIpc) is 3.20. The topological polar surface area (TPSA) is 64.7 Å². The third-order valence-corrected chi connectivity index (χ3v) is 6.47. The zero-order chi connectivity index (χ0) is 24.2. The van der Waals surface area contributed by atoms with Crippen LogP contribution in [0.3, 0.4) is 0 Å². The van der Waals surface area contributed by atoms with E-state index in [-0.39, 0.29) is 11.9 Å². The molecule has 1 fully saturated rings. The molecule has 3 heterocycles. The first-order valence-corrected chi connectivity index (χ1v) is 12.2. The van der Waals surface area contributed by atoms with Crippen molar-refractivity contribution < 1.29 is 9.53 Å². The van der Waals surface area contributed by atoms with E-state index in [1.165, 1.54) is 5.56 Å². The Morgan fingerprint density at radius 3 is 2.68 bits per heavy atom. The number of H-pyrrole nitrogens is 1. The lowest BCUT2D eigenvalue weighted by Crippen LogP contribution is -2.44. The number of ether oxygens (including phenoxy) is 1. The van der Waals surface area contributed by atoms with Gasteiger partial charge in [-0.25, -0.2) is 9.78 Å². The van der Waals surface area contributed by atoms with Crippen LogP contribution in [0.15, 0.2) is 36.5 Å². The number of carbonyl (C=O) groups excluding carboxylic acids is 1. The monoisotopic (exact) mass is 463 g/mol. The predicted octanol–water partition coefficient (Wildman–Crippen LogP) is 4.73. The van der Waals surface area contributed by atoms with E-state index in [2.05, 4.69) is 54.1 Å². The summed E-state index contributed by atoms with van der Waals surface area (Å²) >= 11 is 0.